The number of aldehydes is 1. The number of carbonyl (C=O) groups excluding carboxylic acids is 7. The minimum absolute atomic E-state index is 0. The Hall–Kier alpha value is -11.7. The first-order chi connectivity index (χ1) is 55.6. The summed E-state index contributed by atoms with van der Waals surface area (Å²) in [6, 6.07) is 39.4. The van der Waals surface area contributed by atoms with Gasteiger partial charge in [0.15, 0.2) is 17.3 Å². The Morgan fingerprint density at radius 1 is 0.291 bits per heavy atom. The van der Waals surface area contributed by atoms with Crippen molar-refractivity contribution in [2.75, 3.05) is 21.1 Å². The molecule has 0 saturated carbocycles. The van der Waals surface area contributed by atoms with Gasteiger partial charge in [-0.3, -0.25) is 33.6 Å². The van der Waals surface area contributed by atoms with Gasteiger partial charge < -0.3 is 21.1 Å². The van der Waals surface area contributed by atoms with Crippen LogP contribution in [0.2, 0.25) is 0 Å². The molecule has 7 aliphatic rings. The number of hydrogen-bond acceptors (Lipinski definition) is 8. The maximum atomic E-state index is 11.5. The molecule has 12 nitrogen and oxygen atoms in total. The summed E-state index contributed by atoms with van der Waals surface area (Å²) in [4.78, 5) is 89.4. The van der Waals surface area contributed by atoms with Crippen LogP contribution in [0.3, 0.4) is 0 Å². The minimum atomic E-state index is -0.877. The number of Topliss-reactive ketones (excluding diaryl/α,β-unsaturated/α-hetero) is 3. The molecule has 0 heterocycles. The van der Waals surface area contributed by atoms with E-state index in [1.807, 2.05) is 117 Å². The number of aromatic carboxylic acids is 1. The summed E-state index contributed by atoms with van der Waals surface area (Å²) in [7, 11) is 4.95. The second-order valence-electron chi connectivity index (χ2n) is 29.6. The third-order valence-corrected chi connectivity index (χ3v) is 20.8. The summed E-state index contributed by atoms with van der Waals surface area (Å²) < 4.78 is 0. The molecule has 4 N–H and O–H groups in total. The normalized spacial score (nSPS) is 14.1. The second kappa shape index (κ2) is 48.6. The minimum Gasteiger partial charge on any atom is -0.478 e. The Bertz CT molecular complexity index is 4760. The average Bonchev–Trinajstić information content (AvgIpc) is 0.876. The van der Waals surface area contributed by atoms with Crippen LogP contribution in [0.5, 0.6) is 0 Å². The van der Waals surface area contributed by atoms with Crippen LogP contribution in [0.15, 0.2) is 245 Å². The molecule has 0 aliphatic heterocycles. The van der Waals surface area contributed by atoms with Gasteiger partial charge in [0.2, 0.25) is 0 Å². The molecule has 0 atom stereocenters. The van der Waals surface area contributed by atoms with E-state index in [1.54, 1.807) is 65.3 Å². The van der Waals surface area contributed by atoms with Crippen molar-refractivity contribution in [2.24, 2.45) is 0 Å². The quantitative estimate of drug-likeness (QED) is 0.0326. The SMILES string of the molecule is CC(=O)c1ccc(C)c(/C=C/C2=CCC2)c1.CC(=O)c1ccc(C)c(/C=C/C2=CCC2)c1.CC(=O)c1ccc(C)c(C=O)c1.CNC(=O)c1ccc(C)c(/C=C/C2=CCC2)c1.CNC(=O)c1ccc(C)c(/C=C/C2=CCC2)c1.CNC(=O)c1ccc(C)c(/C=C/C2=CCC2)c1.Cc1ccc(C(=O)O)cc1/C=C/C1=CCC1.[CH2-]C1=CCC1.[W]. The number of amides is 3. The van der Waals surface area contributed by atoms with Gasteiger partial charge in [0, 0.05) is 81.2 Å². The van der Waals surface area contributed by atoms with Crippen LogP contribution in [0.4, 0.5) is 0 Å². The van der Waals surface area contributed by atoms with Gasteiger partial charge in [0.25, 0.3) is 17.7 Å². The molecular formula is C104H114N3O9W-. The predicted octanol–water partition coefficient (Wildman–Crippen LogP) is 24.1. The Morgan fingerprint density at radius 2 is 0.462 bits per heavy atom. The fraction of sp³-hybridized carbons (Fsp3) is 0.260. The van der Waals surface area contributed by atoms with E-state index < -0.39 is 5.97 Å². The zero-order valence-corrected chi connectivity index (χ0v) is 73.3. The summed E-state index contributed by atoms with van der Waals surface area (Å²) in [5.74, 6) is -0.766. The molecule has 7 aliphatic carbocycles. The van der Waals surface area contributed by atoms with Crippen LogP contribution in [-0.4, -0.2) is 73.6 Å². The molecule has 0 radical (unpaired) electrons. The van der Waals surface area contributed by atoms with Crippen LogP contribution in [0.1, 0.15) is 266 Å². The number of nitrogens with one attached hydrogen (secondary N) is 3. The fourth-order valence-electron chi connectivity index (χ4n) is 11.6. The number of hydrogen-bond donors (Lipinski definition) is 4. The maximum absolute atomic E-state index is 11.5. The van der Waals surface area contributed by atoms with E-state index in [9.17, 15) is 38.4 Å². The number of carbonyl (C=O) groups is 8. The van der Waals surface area contributed by atoms with E-state index in [2.05, 4.69) is 167 Å². The number of allylic oxidation sites excluding steroid dienone is 20. The van der Waals surface area contributed by atoms with Crippen molar-refractivity contribution < 1.29 is 64.5 Å². The third-order valence-electron chi connectivity index (χ3n) is 20.8. The van der Waals surface area contributed by atoms with E-state index >= 15 is 0 Å². The van der Waals surface area contributed by atoms with Gasteiger partial charge in [-0.2, -0.15) is 0 Å². The zero-order chi connectivity index (χ0) is 84.2. The van der Waals surface area contributed by atoms with Gasteiger partial charge >= 0.3 is 5.97 Å². The summed E-state index contributed by atoms with van der Waals surface area (Å²) in [5.41, 5.74) is 29.4. The van der Waals surface area contributed by atoms with Gasteiger partial charge in [0.05, 0.1) is 5.56 Å². The van der Waals surface area contributed by atoms with E-state index in [4.69, 9.17) is 5.11 Å². The largest absolute Gasteiger partial charge is 0.478 e. The molecule has 0 fully saturated rings. The molecule has 606 valence electrons. The molecule has 0 saturated heterocycles. The van der Waals surface area contributed by atoms with Gasteiger partial charge in [-0.25, -0.2) is 23.4 Å². The summed E-state index contributed by atoms with van der Waals surface area (Å²) in [6.07, 6.45) is 58.2. The van der Waals surface area contributed by atoms with Gasteiger partial charge in [-0.05, 0) is 285 Å². The molecule has 7 aromatic rings. The van der Waals surface area contributed by atoms with Crippen molar-refractivity contribution in [1.29, 1.82) is 0 Å². The molecule has 0 unspecified atom stereocenters. The topological polar surface area (TPSA) is 193 Å². The van der Waals surface area contributed by atoms with E-state index in [1.165, 1.54) is 151 Å². The zero-order valence-electron chi connectivity index (χ0n) is 70.4. The van der Waals surface area contributed by atoms with Crippen LogP contribution < -0.4 is 16.0 Å². The molecular weight excluding hydrogens is 1620 g/mol. The van der Waals surface area contributed by atoms with Gasteiger partial charge in [0.1, 0.15) is 6.29 Å². The monoisotopic (exact) mass is 1730 g/mol. The van der Waals surface area contributed by atoms with Crippen molar-refractivity contribution in [3.63, 3.8) is 0 Å². The molecule has 0 aromatic heterocycles. The molecule has 7 aromatic carbocycles. The molecule has 0 bridgehead atoms. The maximum Gasteiger partial charge on any atom is 0.335 e. The summed E-state index contributed by atoms with van der Waals surface area (Å²) >= 11 is 0. The first-order valence-electron chi connectivity index (χ1n) is 40.0. The van der Waals surface area contributed by atoms with E-state index in [-0.39, 0.29) is 56.1 Å². The number of rotatable bonds is 20. The van der Waals surface area contributed by atoms with Crippen LogP contribution in [-0.2, 0) is 21.1 Å². The molecule has 13 heteroatoms. The molecule has 117 heavy (non-hydrogen) atoms. The van der Waals surface area contributed by atoms with Crippen LogP contribution in [0, 0.1) is 55.4 Å². The average molecular weight is 1730 g/mol. The Labute approximate surface area is 709 Å². The van der Waals surface area contributed by atoms with Crippen LogP contribution >= 0.6 is 0 Å². The number of carboxylic acids is 1. The number of ketones is 3. The Morgan fingerprint density at radius 3 is 0.624 bits per heavy atom. The van der Waals surface area contributed by atoms with E-state index in [0.29, 0.717) is 33.4 Å². The first kappa shape index (κ1) is 94.1. The first-order valence-corrected chi connectivity index (χ1v) is 40.0. The Balaban J connectivity index is 0.000000210. The number of benzene rings is 7. The Kier molecular flexibility index (Phi) is 39.1. The second-order valence-corrected chi connectivity index (χ2v) is 29.6. The number of carboxylic acid groups (broad SMARTS) is 1. The summed E-state index contributed by atoms with van der Waals surface area (Å²) in [6.45, 7) is 22.5. The number of aryl methyl sites for hydroxylation is 7. The van der Waals surface area contributed by atoms with Crippen molar-refractivity contribution in [2.45, 2.75) is 159 Å². The molecule has 14 rings (SSSR count). The fourth-order valence-corrected chi connectivity index (χ4v) is 11.6. The molecule has 3 amide bonds. The van der Waals surface area contributed by atoms with Crippen molar-refractivity contribution in [1.82, 2.24) is 16.0 Å². The van der Waals surface area contributed by atoms with Crippen molar-refractivity contribution in [3.05, 3.63) is 369 Å². The van der Waals surface area contributed by atoms with E-state index in [0.717, 1.165) is 74.8 Å². The van der Waals surface area contributed by atoms with Crippen molar-refractivity contribution in [3.8, 4) is 0 Å². The smallest absolute Gasteiger partial charge is 0.335 e. The van der Waals surface area contributed by atoms with Gasteiger partial charge in [-0.15, -0.1) is 6.42 Å². The predicted molar refractivity (Wildman–Crippen MR) is 482 cm³/mol. The standard InChI is InChI=1S/3C15H17NO.2C15H16O.C14H14O2.C10H10O2.C5H7.W/c3*1-11-6-8-14(15(17)16-2)10-13(11)9-7-12-4-3-5-12;2*1-11-6-8-15(12(2)16)10-14(11)9-7-13-4-3-5-13;1-10-5-7-13(14(15)16)9-12(10)8-6-11-3-2-4-11;1-7-3-4-9(8(2)12)5-10(7)6-11;1-5-3-2-4-5;/h3*4,6-10H,3,5H2,1-2H3,(H,16,17);2*4,6-10H,3,5H2,1-2H3;3,5-9H,2,4H2,1H3,(H,15,16);3-6H,1-2H3;3H,1-2,4H2;/q;;;;;;;-1;/b5*9-7+;8-6+;;;. The summed E-state index contributed by atoms with van der Waals surface area (Å²) in [5, 5.41) is 16.8. The van der Waals surface area contributed by atoms with Crippen LogP contribution in [0.25, 0.3) is 36.5 Å². The molecule has 0 spiro atoms. The van der Waals surface area contributed by atoms with Gasteiger partial charge in [-0.1, -0.05) is 210 Å². The third kappa shape index (κ3) is 31.1. The van der Waals surface area contributed by atoms with Crippen molar-refractivity contribution >= 4 is 83.8 Å².